The third-order valence-corrected chi connectivity index (χ3v) is 4.01. The van der Waals surface area contributed by atoms with Crippen molar-refractivity contribution in [1.82, 2.24) is 4.90 Å². The fourth-order valence-electron chi connectivity index (χ4n) is 2.67. The van der Waals surface area contributed by atoms with Crippen molar-refractivity contribution in [2.75, 3.05) is 13.1 Å². The predicted octanol–water partition coefficient (Wildman–Crippen LogP) is 3.19. The standard InChI is InChI=1S/C13H24N2/c1-5-15(6-2)13(11-14)9-7-12(3,4)8-10-13/h5-10H2,1-4H3. The average Bonchev–Trinajstić information content (AvgIpc) is 2.22. The first kappa shape index (κ1) is 12.5. The van der Waals surface area contributed by atoms with Crippen LogP contribution in [0.3, 0.4) is 0 Å². The number of hydrogen-bond donors (Lipinski definition) is 0. The maximum Gasteiger partial charge on any atom is 0.109 e. The van der Waals surface area contributed by atoms with Gasteiger partial charge < -0.3 is 0 Å². The van der Waals surface area contributed by atoms with Crippen LogP contribution in [0.1, 0.15) is 53.4 Å². The van der Waals surface area contributed by atoms with Gasteiger partial charge in [-0.05, 0) is 44.2 Å². The van der Waals surface area contributed by atoms with Crippen LogP contribution in [-0.4, -0.2) is 23.5 Å². The lowest BCUT2D eigenvalue weighted by Gasteiger charge is -2.45. The van der Waals surface area contributed by atoms with Crippen molar-refractivity contribution in [3.8, 4) is 6.07 Å². The highest BCUT2D eigenvalue weighted by Crippen LogP contribution is 2.42. The lowest BCUT2D eigenvalue weighted by Crippen LogP contribution is -2.50. The molecule has 2 nitrogen and oxygen atoms in total. The van der Waals surface area contributed by atoms with Crippen molar-refractivity contribution in [3.05, 3.63) is 0 Å². The molecule has 1 fully saturated rings. The van der Waals surface area contributed by atoms with E-state index in [1.54, 1.807) is 0 Å². The summed E-state index contributed by atoms with van der Waals surface area (Å²) < 4.78 is 0. The third kappa shape index (κ3) is 2.52. The van der Waals surface area contributed by atoms with Gasteiger partial charge in [0.1, 0.15) is 5.54 Å². The molecule has 0 radical (unpaired) electrons. The van der Waals surface area contributed by atoms with Crippen LogP contribution >= 0.6 is 0 Å². The van der Waals surface area contributed by atoms with Crippen LogP contribution in [0.2, 0.25) is 0 Å². The Morgan fingerprint density at radius 2 is 1.53 bits per heavy atom. The minimum atomic E-state index is -0.168. The van der Waals surface area contributed by atoms with Gasteiger partial charge in [-0.1, -0.05) is 27.7 Å². The molecule has 1 aliphatic rings. The van der Waals surface area contributed by atoms with E-state index in [1.807, 2.05) is 0 Å². The number of nitriles is 1. The molecule has 0 unspecified atom stereocenters. The molecule has 0 spiro atoms. The molecular formula is C13H24N2. The SMILES string of the molecule is CCN(CC)C1(C#N)CCC(C)(C)CC1. The van der Waals surface area contributed by atoms with E-state index < -0.39 is 0 Å². The maximum absolute atomic E-state index is 9.45. The summed E-state index contributed by atoms with van der Waals surface area (Å²) in [7, 11) is 0. The third-order valence-electron chi connectivity index (χ3n) is 4.01. The van der Waals surface area contributed by atoms with E-state index in [4.69, 9.17) is 0 Å². The van der Waals surface area contributed by atoms with Crippen molar-refractivity contribution >= 4 is 0 Å². The zero-order valence-corrected chi connectivity index (χ0v) is 10.6. The van der Waals surface area contributed by atoms with Gasteiger partial charge in [-0.25, -0.2) is 0 Å². The topological polar surface area (TPSA) is 27.0 Å². The molecule has 86 valence electrons. The monoisotopic (exact) mass is 208 g/mol. The average molecular weight is 208 g/mol. The Morgan fingerprint density at radius 1 is 1.07 bits per heavy atom. The summed E-state index contributed by atoms with van der Waals surface area (Å²) >= 11 is 0. The van der Waals surface area contributed by atoms with Gasteiger partial charge in [0.25, 0.3) is 0 Å². The molecule has 0 heterocycles. The van der Waals surface area contributed by atoms with Gasteiger partial charge >= 0.3 is 0 Å². The van der Waals surface area contributed by atoms with Crippen LogP contribution in [0, 0.1) is 16.7 Å². The second-order valence-corrected chi connectivity index (χ2v) is 5.48. The molecule has 0 atom stereocenters. The van der Waals surface area contributed by atoms with Gasteiger partial charge in [-0.3, -0.25) is 4.90 Å². The number of nitrogens with zero attached hydrogens (tertiary/aromatic N) is 2. The van der Waals surface area contributed by atoms with Crippen LogP contribution in [-0.2, 0) is 0 Å². The minimum Gasteiger partial charge on any atom is -0.286 e. The van der Waals surface area contributed by atoms with E-state index in [0.717, 1.165) is 25.9 Å². The first-order valence-electron chi connectivity index (χ1n) is 6.16. The van der Waals surface area contributed by atoms with Gasteiger partial charge in [-0.2, -0.15) is 5.26 Å². The highest BCUT2D eigenvalue weighted by molar-refractivity contribution is 5.11. The first-order valence-corrected chi connectivity index (χ1v) is 6.16. The van der Waals surface area contributed by atoms with Gasteiger partial charge in [-0.15, -0.1) is 0 Å². The second-order valence-electron chi connectivity index (χ2n) is 5.48. The molecule has 0 amide bonds. The Labute approximate surface area is 94.3 Å². The second kappa shape index (κ2) is 4.53. The largest absolute Gasteiger partial charge is 0.286 e. The molecule has 0 bridgehead atoms. The molecule has 0 aromatic rings. The van der Waals surface area contributed by atoms with E-state index in [-0.39, 0.29) is 5.54 Å². The molecule has 0 saturated heterocycles. The molecule has 1 rings (SSSR count). The Kier molecular flexibility index (Phi) is 3.78. The zero-order chi connectivity index (χ0) is 11.5. The predicted molar refractivity (Wildman–Crippen MR) is 63.5 cm³/mol. The maximum atomic E-state index is 9.45. The molecule has 0 N–H and O–H groups in total. The Bertz CT molecular complexity index is 236. The van der Waals surface area contributed by atoms with Crippen molar-refractivity contribution in [1.29, 1.82) is 5.26 Å². The zero-order valence-electron chi connectivity index (χ0n) is 10.6. The fraction of sp³-hybridized carbons (Fsp3) is 0.923. The lowest BCUT2D eigenvalue weighted by atomic mass is 9.69. The normalized spacial score (nSPS) is 23.7. The summed E-state index contributed by atoms with van der Waals surface area (Å²) in [6.07, 6.45) is 4.44. The van der Waals surface area contributed by atoms with Crippen LogP contribution in [0.5, 0.6) is 0 Å². The van der Waals surface area contributed by atoms with Crippen LogP contribution in [0.15, 0.2) is 0 Å². The summed E-state index contributed by atoms with van der Waals surface area (Å²) in [5, 5.41) is 9.45. The Balaban J connectivity index is 2.77. The van der Waals surface area contributed by atoms with Crippen molar-refractivity contribution in [2.45, 2.75) is 58.9 Å². The molecule has 1 saturated carbocycles. The summed E-state index contributed by atoms with van der Waals surface area (Å²) in [6.45, 7) is 10.9. The smallest absolute Gasteiger partial charge is 0.109 e. The van der Waals surface area contributed by atoms with E-state index in [1.165, 1.54) is 12.8 Å². The Hall–Kier alpha value is -0.550. The summed E-state index contributed by atoms with van der Waals surface area (Å²) in [6, 6.07) is 2.58. The van der Waals surface area contributed by atoms with Gasteiger partial charge in [0.15, 0.2) is 0 Å². The minimum absolute atomic E-state index is 0.168. The Morgan fingerprint density at radius 3 is 1.87 bits per heavy atom. The van der Waals surface area contributed by atoms with Crippen LogP contribution < -0.4 is 0 Å². The quantitative estimate of drug-likeness (QED) is 0.712. The van der Waals surface area contributed by atoms with E-state index in [9.17, 15) is 5.26 Å². The molecule has 1 aliphatic carbocycles. The summed E-state index contributed by atoms with van der Waals surface area (Å²) in [5.74, 6) is 0. The first-order chi connectivity index (χ1) is 6.99. The van der Waals surface area contributed by atoms with Crippen LogP contribution in [0.25, 0.3) is 0 Å². The highest BCUT2D eigenvalue weighted by Gasteiger charge is 2.41. The van der Waals surface area contributed by atoms with Gasteiger partial charge in [0.2, 0.25) is 0 Å². The lowest BCUT2D eigenvalue weighted by molar-refractivity contribution is 0.0656. The molecule has 0 aliphatic heterocycles. The number of hydrogen-bond acceptors (Lipinski definition) is 2. The van der Waals surface area contributed by atoms with Gasteiger partial charge in [0.05, 0.1) is 6.07 Å². The number of rotatable bonds is 3. The van der Waals surface area contributed by atoms with Crippen LogP contribution in [0.4, 0.5) is 0 Å². The van der Waals surface area contributed by atoms with Crippen molar-refractivity contribution in [2.24, 2.45) is 5.41 Å². The van der Waals surface area contributed by atoms with E-state index >= 15 is 0 Å². The highest BCUT2D eigenvalue weighted by atomic mass is 15.2. The molecule has 15 heavy (non-hydrogen) atoms. The van der Waals surface area contributed by atoms with Crippen molar-refractivity contribution in [3.63, 3.8) is 0 Å². The molecule has 0 aromatic heterocycles. The summed E-state index contributed by atoms with van der Waals surface area (Å²) in [5.41, 5.74) is 0.270. The molecule has 2 heteroatoms. The fourth-order valence-corrected chi connectivity index (χ4v) is 2.67. The van der Waals surface area contributed by atoms with Gasteiger partial charge in [0, 0.05) is 0 Å². The van der Waals surface area contributed by atoms with E-state index in [2.05, 4.69) is 38.7 Å². The molecular weight excluding hydrogens is 184 g/mol. The van der Waals surface area contributed by atoms with E-state index in [0.29, 0.717) is 5.41 Å². The van der Waals surface area contributed by atoms with Crippen molar-refractivity contribution < 1.29 is 0 Å². The molecule has 0 aromatic carbocycles. The summed E-state index contributed by atoms with van der Waals surface area (Å²) in [4.78, 5) is 2.34.